The van der Waals surface area contributed by atoms with Gasteiger partial charge in [-0.25, -0.2) is 0 Å². The van der Waals surface area contributed by atoms with Gasteiger partial charge in [0.2, 0.25) is 5.60 Å². The van der Waals surface area contributed by atoms with E-state index in [1.807, 2.05) is 22.6 Å². The second kappa shape index (κ2) is 8.17. The molecule has 1 aliphatic heterocycles. The van der Waals surface area contributed by atoms with Crippen molar-refractivity contribution in [3.8, 4) is 0 Å². The van der Waals surface area contributed by atoms with Crippen LogP contribution in [0, 0.1) is 3.57 Å². The predicted octanol–water partition coefficient (Wildman–Crippen LogP) is -0.359. The first kappa shape index (κ1) is 24.7. The minimum atomic E-state index is -3.45. The maximum atomic E-state index is 12.7. The monoisotopic (exact) mass is 534 g/mol. The van der Waals surface area contributed by atoms with Gasteiger partial charge in [0.05, 0.1) is 0 Å². The van der Waals surface area contributed by atoms with E-state index in [1.54, 1.807) is 12.1 Å². The van der Waals surface area contributed by atoms with Crippen LogP contribution in [-0.4, -0.2) is 72.6 Å². The van der Waals surface area contributed by atoms with Gasteiger partial charge in [0.1, 0.15) is 12.2 Å². The molecule has 164 valence electrons. The maximum Gasteiger partial charge on any atom is 0.200 e. The van der Waals surface area contributed by atoms with Crippen molar-refractivity contribution in [1.29, 1.82) is 0 Å². The number of benzene rings is 1. The molecule has 10 heteroatoms. The molecule has 1 aliphatic rings. The number of aliphatic hydroxyl groups is 4. The van der Waals surface area contributed by atoms with Crippen molar-refractivity contribution in [1.82, 2.24) is 0 Å². The number of ketones is 4. The summed E-state index contributed by atoms with van der Waals surface area (Å²) in [6, 6.07) is 6.04. The molecule has 1 saturated heterocycles. The van der Waals surface area contributed by atoms with Gasteiger partial charge in [0.25, 0.3) is 0 Å². The molecular weight excluding hydrogens is 511 g/mol. The highest BCUT2D eigenvalue weighted by Gasteiger charge is 2.79. The molecule has 2 rings (SSSR count). The van der Waals surface area contributed by atoms with Gasteiger partial charge in [0.15, 0.2) is 40.4 Å². The molecule has 4 N–H and O–H groups in total. The molecule has 9 nitrogen and oxygen atoms in total. The maximum absolute atomic E-state index is 12.7. The van der Waals surface area contributed by atoms with Crippen molar-refractivity contribution in [3.05, 3.63) is 33.4 Å². The summed E-state index contributed by atoms with van der Waals surface area (Å²) in [4.78, 5) is 50.4. The molecule has 0 amide bonds. The van der Waals surface area contributed by atoms with Gasteiger partial charge < -0.3 is 25.2 Å². The van der Waals surface area contributed by atoms with Crippen LogP contribution in [0.15, 0.2) is 24.3 Å². The van der Waals surface area contributed by atoms with Crippen LogP contribution in [0.5, 0.6) is 0 Å². The van der Waals surface area contributed by atoms with Crippen molar-refractivity contribution in [2.75, 3.05) is 0 Å². The third-order valence-electron chi connectivity index (χ3n) is 5.56. The van der Waals surface area contributed by atoms with E-state index >= 15 is 0 Å². The Morgan fingerprint density at radius 1 is 0.933 bits per heavy atom. The summed E-state index contributed by atoms with van der Waals surface area (Å²) in [5, 5.41) is 43.8. The SMILES string of the molecule is CC(=O)[C@]1(O)[C@@](O)(C(C)=O)[C@@H](C(=O)C(C)O)O[C@@H](c2ccc(I)cc2)[C@@]1(O)C(C)=O. The molecule has 0 saturated carbocycles. The van der Waals surface area contributed by atoms with Crippen molar-refractivity contribution >= 4 is 45.7 Å². The molecule has 1 heterocycles. The van der Waals surface area contributed by atoms with E-state index in [4.69, 9.17) is 4.74 Å². The van der Waals surface area contributed by atoms with E-state index in [1.165, 1.54) is 12.1 Å². The number of ether oxygens (including phenoxy) is 1. The lowest BCUT2D eigenvalue weighted by molar-refractivity contribution is -0.315. The summed E-state index contributed by atoms with van der Waals surface area (Å²) in [5.74, 6) is -5.03. The Bertz CT molecular complexity index is 896. The summed E-state index contributed by atoms with van der Waals surface area (Å²) in [6.45, 7) is 3.44. The van der Waals surface area contributed by atoms with Gasteiger partial charge in [-0.2, -0.15) is 0 Å². The predicted molar refractivity (Wildman–Crippen MR) is 110 cm³/mol. The van der Waals surface area contributed by atoms with Gasteiger partial charge in [-0.3, -0.25) is 19.2 Å². The first-order valence-corrected chi connectivity index (χ1v) is 10.1. The molecule has 1 fully saturated rings. The molecule has 6 atom stereocenters. The highest BCUT2D eigenvalue weighted by molar-refractivity contribution is 14.1. The lowest BCUT2D eigenvalue weighted by Gasteiger charge is -2.57. The van der Waals surface area contributed by atoms with Crippen LogP contribution in [0.25, 0.3) is 0 Å². The summed E-state index contributed by atoms with van der Waals surface area (Å²) in [7, 11) is 0. The standard InChI is InChI=1S/C20H23IO9/c1-9(22)15(26)17-19(28,11(3)24)20(29,12(4)25)18(27,10(2)23)16(30-17)13-5-7-14(21)8-6-13/h5-9,16-17,22,27-29H,1-4H3/t9?,16-,17+,18-,19+,20+/m0/s1. The number of carbonyl (C=O) groups is 4. The number of rotatable bonds is 6. The Hall–Kier alpha value is -1.57. The quantitative estimate of drug-likeness (QED) is 0.358. The number of Topliss-reactive ketones (excluding diaryl/α,β-unsaturated/α-hetero) is 4. The van der Waals surface area contributed by atoms with Crippen LogP contribution in [0.3, 0.4) is 0 Å². The Morgan fingerprint density at radius 2 is 1.40 bits per heavy atom. The number of hydrogen-bond donors (Lipinski definition) is 4. The highest BCUT2D eigenvalue weighted by Crippen LogP contribution is 2.52. The van der Waals surface area contributed by atoms with Crippen LogP contribution in [-0.2, 0) is 23.9 Å². The average molecular weight is 534 g/mol. The first-order valence-electron chi connectivity index (χ1n) is 9.00. The van der Waals surface area contributed by atoms with E-state index in [-0.39, 0.29) is 5.56 Å². The summed E-state index contributed by atoms with van der Waals surface area (Å²) in [6.07, 6.45) is -5.81. The second-order valence-corrected chi connectivity index (χ2v) is 8.68. The smallest absolute Gasteiger partial charge is 0.200 e. The van der Waals surface area contributed by atoms with Crippen molar-refractivity contribution in [2.24, 2.45) is 0 Å². The van der Waals surface area contributed by atoms with Crippen molar-refractivity contribution in [3.63, 3.8) is 0 Å². The summed E-state index contributed by atoms with van der Waals surface area (Å²) in [5.41, 5.74) is -9.81. The Morgan fingerprint density at radius 3 is 1.77 bits per heavy atom. The second-order valence-electron chi connectivity index (χ2n) is 7.44. The van der Waals surface area contributed by atoms with E-state index < -0.39 is 58.2 Å². The molecule has 0 bridgehead atoms. The van der Waals surface area contributed by atoms with Gasteiger partial charge in [-0.15, -0.1) is 0 Å². The Balaban J connectivity index is 2.95. The lowest BCUT2D eigenvalue weighted by atomic mass is 9.58. The largest absolute Gasteiger partial charge is 0.386 e. The zero-order valence-corrected chi connectivity index (χ0v) is 18.9. The van der Waals surface area contributed by atoms with Gasteiger partial charge in [-0.1, -0.05) is 12.1 Å². The molecule has 30 heavy (non-hydrogen) atoms. The first-order chi connectivity index (χ1) is 13.7. The van der Waals surface area contributed by atoms with Crippen LogP contribution in [0.4, 0.5) is 0 Å². The van der Waals surface area contributed by atoms with Crippen LogP contribution < -0.4 is 0 Å². The lowest BCUT2D eigenvalue weighted by Crippen LogP contribution is -2.85. The molecule has 1 unspecified atom stereocenters. The van der Waals surface area contributed by atoms with E-state index in [2.05, 4.69) is 0 Å². The van der Waals surface area contributed by atoms with E-state index in [9.17, 15) is 39.6 Å². The van der Waals surface area contributed by atoms with Crippen LogP contribution in [0.1, 0.15) is 39.4 Å². The Kier molecular flexibility index (Phi) is 6.73. The van der Waals surface area contributed by atoms with Gasteiger partial charge >= 0.3 is 0 Å². The topological polar surface area (TPSA) is 158 Å². The average Bonchev–Trinajstić information content (AvgIpc) is 2.66. The Labute approximate surface area is 186 Å². The number of carbonyl (C=O) groups excluding carboxylic acids is 4. The van der Waals surface area contributed by atoms with E-state index in [0.29, 0.717) is 0 Å². The third-order valence-corrected chi connectivity index (χ3v) is 6.28. The van der Waals surface area contributed by atoms with Gasteiger partial charge in [-0.05, 0) is 68.0 Å². The number of halogens is 1. The normalized spacial score (nSPS) is 34.8. The highest BCUT2D eigenvalue weighted by atomic mass is 127. The van der Waals surface area contributed by atoms with Gasteiger partial charge in [0, 0.05) is 3.57 Å². The van der Waals surface area contributed by atoms with Crippen molar-refractivity contribution < 1.29 is 44.3 Å². The van der Waals surface area contributed by atoms with E-state index in [0.717, 1.165) is 31.3 Å². The molecule has 0 aromatic heterocycles. The minimum Gasteiger partial charge on any atom is -0.386 e. The van der Waals surface area contributed by atoms with Crippen LogP contribution in [0.2, 0.25) is 0 Å². The molecule has 1 aromatic carbocycles. The fraction of sp³-hybridized carbons (Fsp3) is 0.500. The summed E-state index contributed by atoms with van der Waals surface area (Å²) < 4.78 is 6.34. The number of hydrogen-bond acceptors (Lipinski definition) is 9. The molecule has 0 spiro atoms. The molecular formula is C20H23IO9. The minimum absolute atomic E-state index is 0.0989. The molecule has 0 aliphatic carbocycles. The zero-order chi connectivity index (χ0) is 23.2. The zero-order valence-electron chi connectivity index (χ0n) is 16.7. The fourth-order valence-corrected chi connectivity index (χ4v) is 4.23. The fourth-order valence-electron chi connectivity index (χ4n) is 3.87. The van der Waals surface area contributed by atoms with Crippen molar-refractivity contribution in [2.45, 2.75) is 62.8 Å². The molecule has 0 radical (unpaired) electrons. The number of aliphatic hydroxyl groups excluding tert-OH is 1. The third kappa shape index (κ3) is 3.26. The summed E-state index contributed by atoms with van der Waals surface area (Å²) >= 11 is 2.00. The van der Waals surface area contributed by atoms with Crippen LogP contribution >= 0.6 is 22.6 Å². The molecule has 1 aromatic rings.